The van der Waals surface area contributed by atoms with E-state index in [0.29, 0.717) is 11.5 Å². The SMILES string of the molecule is CN=C(NCCC1CC1)NCc1ccccc1OC(F)(F)F.I. The number of alkyl halides is 3. The number of nitrogens with zero attached hydrogens (tertiary/aromatic N) is 1. The van der Waals surface area contributed by atoms with Crippen LogP contribution < -0.4 is 15.4 Å². The number of ether oxygens (including phenoxy) is 1. The molecule has 1 aliphatic rings. The van der Waals surface area contributed by atoms with Gasteiger partial charge in [0.05, 0.1) is 0 Å². The summed E-state index contributed by atoms with van der Waals surface area (Å²) >= 11 is 0. The molecule has 23 heavy (non-hydrogen) atoms. The zero-order valence-corrected chi connectivity index (χ0v) is 15.2. The van der Waals surface area contributed by atoms with Crippen LogP contribution in [0, 0.1) is 5.92 Å². The fourth-order valence-corrected chi connectivity index (χ4v) is 2.07. The number of para-hydroxylation sites is 1. The van der Waals surface area contributed by atoms with Crippen LogP contribution in [0.15, 0.2) is 29.3 Å². The molecule has 0 spiro atoms. The average molecular weight is 443 g/mol. The zero-order chi connectivity index (χ0) is 16.0. The Labute approximate surface area is 150 Å². The maximum Gasteiger partial charge on any atom is 0.573 e. The van der Waals surface area contributed by atoms with E-state index >= 15 is 0 Å². The summed E-state index contributed by atoms with van der Waals surface area (Å²) in [5, 5.41) is 6.15. The van der Waals surface area contributed by atoms with Gasteiger partial charge in [-0.1, -0.05) is 31.0 Å². The minimum absolute atomic E-state index is 0. The number of nitrogens with one attached hydrogen (secondary N) is 2. The first-order chi connectivity index (χ1) is 10.5. The zero-order valence-electron chi connectivity index (χ0n) is 12.8. The second kappa shape index (κ2) is 9.19. The van der Waals surface area contributed by atoms with Crippen molar-refractivity contribution in [3.05, 3.63) is 29.8 Å². The predicted molar refractivity (Wildman–Crippen MR) is 94.1 cm³/mol. The molecule has 2 N–H and O–H groups in total. The van der Waals surface area contributed by atoms with Crippen LogP contribution >= 0.6 is 24.0 Å². The molecule has 2 rings (SSSR count). The van der Waals surface area contributed by atoms with E-state index in [1.807, 2.05) is 0 Å². The molecule has 0 aliphatic heterocycles. The molecule has 0 unspecified atom stereocenters. The van der Waals surface area contributed by atoms with E-state index in [4.69, 9.17) is 0 Å². The number of benzene rings is 1. The first-order valence-electron chi connectivity index (χ1n) is 7.26. The maximum atomic E-state index is 12.4. The molecule has 1 aromatic carbocycles. The lowest BCUT2D eigenvalue weighted by atomic mass is 10.2. The van der Waals surface area contributed by atoms with E-state index in [1.54, 1.807) is 19.2 Å². The second-order valence-corrected chi connectivity index (χ2v) is 5.24. The van der Waals surface area contributed by atoms with Gasteiger partial charge in [-0.2, -0.15) is 0 Å². The first kappa shape index (κ1) is 19.9. The third-order valence-electron chi connectivity index (χ3n) is 3.41. The van der Waals surface area contributed by atoms with E-state index in [0.717, 1.165) is 18.9 Å². The Morgan fingerprint density at radius 2 is 1.96 bits per heavy atom. The van der Waals surface area contributed by atoms with Crippen LogP contribution in [0.4, 0.5) is 13.2 Å². The Morgan fingerprint density at radius 3 is 2.57 bits per heavy atom. The topological polar surface area (TPSA) is 45.7 Å². The fraction of sp³-hybridized carbons (Fsp3) is 0.533. The van der Waals surface area contributed by atoms with Crippen LogP contribution in [0.1, 0.15) is 24.8 Å². The van der Waals surface area contributed by atoms with Gasteiger partial charge in [0.2, 0.25) is 0 Å². The van der Waals surface area contributed by atoms with Crippen LogP contribution in [0.3, 0.4) is 0 Å². The molecule has 0 amide bonds. The number of rotatable bonds is 6. The summed E-state index contributed by atoms with van der Waals surface area (Å²) in [5.74, 6) is 1.19. The van der Waals surface area contributed by atoms with Gasteiger partial charge in [-0.3, -0.25) is 4.99 Å². The summed E-state index contributed by atoms with van der Waals surface area (Å²) in [4.78, 5) is 4.06. The summed E-state index contributed by atoms with van der Waals surface area (Å²) in [6, 6.07) is 6.07. The normalized spacial score (nSPS) is 14.9. The molecule has 0 bridgehead atoms. The Bertz CT molecular complexity index is 519. The molecule has 0 aromatic heterocycles. The first-order valence-corrected chi connectivity index (χ1v) is 7.26. The molecule has 1 aliphatic carbocycles. The lowest BCUT2D eigenvalue weighted by molar-refractivity contribution is -0.274. The standard InChI is InChI=1S/C15H20F3N3O.HI/c1-19-14(20-9-8-11-6-7-11)21-10-12-4-2-3-5-13(12)22-15(16,17)18;/h2-5,11H,6-10H2,1H3,(H2,19,20,21);1H. The third kappa shape index (κ3) is 7.76. The highest BCUT2D eigenvalue weighted by Crippen LogP contribution is 2.31. The van der Waals surface area contributed by atoms with E-state index in [1.165, 1.54) is 25.0 Å². The predicted octanol–water partition coefficient (Wildman–Crippen LogP) is 3.67. The van der Waals surface area contributed by atoms with E-state index < -0.39 is 6.36 Å². The molecule has 0 atom stereocenters. The van der Waals surface area contributed by atoms with Crippen LogP contribution in [0.5, 0.6) is 5.75 Å². The van der Waals surface area contributed by atoms with Gasteiger partial charge in [-0.05, 0) is 18.4 Å². The molecule has 0 saturated heterocycles. The number of aliphatic imine (C=N–C) groups is 1. The van der Waals surface area contributed by atoms with Crippen molar-refractivity contribution in [2.75, 3.05) is 13.6 Å². The molecular formula is C15H21F3IN3O. The number of hydrogen-bond acceptors (Lipinski definition) is 2. The summed E-state index contributed by atoms with van der Waals surface area (Å²) in [6.07, 6.45) is -1.03. The number of halogens is 4. The Morgan fingerprint density at radius 1 is 1.26 bits per heavy atom. The molecule has 8 heteroatoms. The second-order valence-electron chi connectivity index (χ2n) is 5.24. The Balaban J connectivity index is 0.00000264. The van der Waals surface area contributed by atoms with Crippen molar-refractivity contribution in [1.29, 1.82) is 0 Å². The summed E-state index contributed by atoms with van der Waals surface area (Å²) in [7, 11) is 1.63. The van der Waals surface area contributed by atoms with Gasteiger partial charge in [0.25, 0.3) is 0 Å². The van der Waals surface area contributed by atoms with Crippen molar-refractivity contribution < 1.29 is 17.9 Å². The van der Waals surface area contributed by atoms with E-state index in [9.17, 15) is 13.2 Å². The summed E-state index contributed by atoms with van der Waals surface area (Å²) in [6.45, 7) is 1.01. The van der Waals surface area contributed by atoms with Crippen LogP contribution in [0.2, 0.25) is 0 Å². The molecular weight excluding hydrogens is 422 g/mol. The minimum Gasteiger partial charge on any atom is -0.405 e. The number of guanidine groups is 1. The van der Waals surface area contributed by atoms with Gasteiger partial charge in [0.15, 0.2) is 5.96 Å². The molecule has 1 aromatic rings. The van der Waals surface area contributed by atoms with Gasteiger partial charge >= 0.3 is 6.36 Å². The van der Waals surface area contributed by atoms with Crippen molar-refractivity contribution in [3.8, 4) is 5.75 Å². The van der Waals surface area contributed by atoms with E-state index in [-0.39, 0.29) is 36.3 Å². The molecule has 1 fully saturated rings. The van der Waals surface area contributed by atoms with Crippen LogP contribution in [-0.2, 0) is 6.54 Å². The van der Waals surface area contributed by atoms with Crippen molar-refractivity contribution in [1.82, 2.24) is 10.6 Å². The van der Waals surface area contributed by atoms with Crippen LogP contribution in [-0.4, -0.2) is 25.9 Å². The van der Waals surface area contributed by atoms with Crippen molar-refractivity contribution in [2.24, 2.45) is 10.9 Å². The molecule has 0 radical (unpaired) electrons. The highest BCUT2D eigenvalue weighted by molar-refractivity contribution is 14.0. The average Bonchev–Trinajstić information content (AvgIpc) is 3.26. The summed E-state index contributed by atoms with van der Waals surface area (Å²) in [5.41, 5.74) is 0.421. The molecule has 1 saturated carbocycles. The van der Waals surface area contributed by atoms with Crippen molar-refractivity contribution in [2.45, 2.75) is 32.2 Å². The lowest BCUT2D eigenvalue weighted by Crippen LogP contribution is -2.37. The fourth-order valence-electron chi connectivity index (χ4n) is 2.07. The number of hydrogen-bond donors (Lipinski definition) is 2. The minimum atomic E-state index is -4.69. The van der Waals surface area contributed by atoms with Gasteiger partial charge in [-0.15, -0.1) is 37.1 Å². The van der Waals surface area contributed by atoms with Gasteiger partial charge in [0, 0.05) is 25.7 Å². The van der Waals surface area contributed by atoms with Gasteiger partial charge in [-0.25, -0.2) is 0 Å². The third-order valence-corrected chi connectivity index (χ3v) is 3.41. The smallest absolute Gasteiger partial charge is 0.405 e. The molecule has 0 heterocycles. The van der Waals surface area contributed by atoms with Crippen molar-refractivity contribution >= 4 is 29.9 Å². The van der Waals surface area contributed by atoms with Crippen molar-refractivity contribution in [3.63, 3.8) is 0 Å². The molecule has 4 nitrogen and oxygen atoms in total. The Kier molecular flexibility index (Phi) is 7.93. The highest BCUT2D eigenvalue weighted by Gasteiger charge is 2.31. The lowest BCUT2D eigenvalue weighted by Gasteiger charge is -2.15. The maximum absolute atomic E-state index is 12.4. The van der Waals surface area contributed by atoms with E-state index in [2.05, 4.69) is 20.4 Å². The quantitative estimate of drug-likeness (QED) is 0.401. The highest BCUT2D eigenvalue weighted by atomic mass is 127. The Hall–Kier alpha value is -1.19. The molecule has 130 valence electrons. The largest absolute Gasteiger partial charge is 0.573 e. The monoisotopic (exact) mass is 443 g/mol. The van der Waals surface area contributed by atoms with Crippen LogP contribution in [0.25, 0.3) is 0 Å². The van der Waals surface area contributed by atoms with Gasteiger partial charge in [0.1, 0.15) is 5.75 Å². The van der Waals surface area contributed by atoms with Gasteiger partial charge < -0.3 is 15.4 Å². The summed E-state index contributed by atoms with van der Waals surface area (Å²) < 4.78 is 41.1.